The molecule has 0 aromatic rings. The molecule has 0 nitrogen and oxygen atoms in total. The molecule has 0 radical (unpaired) electrons. The summed E-state index contributed by atoms with van der Waals surface area (Å²) in [6, 6.07) is 0. The maximum absolute atomic E-state index is 6.48. The zero-order valence-electron chi connectivity index (χ0n) is 10.8. The van der Waals surface area contributed by atoms with Gasteiger partial charge in [-0.3, -0.25) is 0 Å². The zero-order valence-corrected chi connectivity index (χ0v) is 11.5. The molecule has 16 heavy (non-hydrogen) atoms. The first-order valence-electron chi connectivity index (χ1n) is 6.97. The highest BCUT2D eigenvalue weighted by atomic mass is 35.5. The third-order valence-corrected chi connectivity index (χ3v) is 5.41. The van der Waals surface area contributed by atoms with Gasteiger partial charge in [0.2, 0.25) is 0 Å². The van der Waals surface area contributed by atoms with Gasteiger partial charge in [0.15, 0.2) is 0 Å². The van der Waals surface area contributed by atoms with E-state index >= 15 is 0 Å². The Morgan fingerprint density at radius 2 is 2.12 bits per heavy atom. The molecule has 0 bridgehead atoms. The van der Waals surface area contributed by atoms with Gasteiger partial charge in [-0.05, 0) is 43.4 Å². The molecule has 3 atom stereocenters. The van der Waals surface area contributed by atoms with E-state index in [9.17, 15) is 0 Å². The lowest BCUT2D eigenvalue weighted by atomic mass is 9.70. The summed E-state index contributed by atoms with van der Waals surface area (Å²) in [5.41, 5.74) is 2.26. The number of rotatable bonds is 2. The molecule has 2 rings (SSSR count). The molecule has 92 valence electrons. The summed E-state index contributed by atoms with van der Waals surface area (Å²) in [6.07, 6.45) is 13.1. The van der Waals surface area contributed by atoms with Crippen LogP contribution in [0.25, 0.3) is 0 Å². The van der Waals surface area contributed by atoms with Crippen LogP contribution in [-0.4, -0.2) is 5.38 Å². The first-order valence-corrected chi connectivity index (χ1v) is 7.41. The summed E-state index contributed by atoms with van der Waals surface area (Å²) in [6.45, 7) is 4.75. The molecule has 0 aromatic carbocycles. The zero-order chi connectivity index (χ0) is 11.6. The fraction of sp³-hybridized carbons (Fsp3) is 0.867. The molecule has 0 aromatic heterocycles. The summed E-state index contributed by atoms with van der Waals surface area (Å²) < 4.78 is 0. The van der Waals surface area contributed by atoms with Crippen LogP contribution in [0.5, 0.6) is 0 Å². The fourth-order valence-corrected chi connectivity index (χ4v) is 3.63. The van der Waals surface area contributed by atoms with E-state index in [-0.39, 0.29) is 0 Å². The van der Waals surface area contributed by atoms with Gasteiger partial charge in [-0.2, -0.15) is 0 Å². The molecule has 1 saturated carbocycles. The molecular formula is C15H25Cl. The van der Waals surface area contributed by atoms with Gasteiger partial charge in [-0.1, -0.05) is 44.8 Å². The van der Waals surface area contributed by atoms with E-state index < -0.39 is 0 Å². The molecule has 0 aliphatic heterocycles. The Morgan fingerprint density at radius 3 is 2.69 bits per heavy atom. The van der Waals surface area contributed by atoms with E-state index in [1.54, 1.807) is 5.57 Å². The second kappa shape index (κ2) is 5.12. The highest BCUT2D eigenvalue weighted by Crippen LogP contribution is 2.43. The van der Waals surface area contributed by atoms with Crippen molar-refractivity contribution in [2.24, 2.45) is 11.3 Å². The number of hydrogen-bond donors (Lipinski definition) is 0. The van der Waals surface area contributed by atoms with Crippen LogP contribution in [0.4, 0.5) is 0 Å². The lowest BCUT2D eigenvalue weighted by Gasteiger charge is -2.37. The average molecular weight is 241 g/mol. The average Bonchev–Trinajstić information content (AvgIpc) is 2.31. The second-order valence-electron chi connectivity index (χ2n) is 6.05. The molecule has 0 saturated heterocycles. The molecule has 3 unspecified atom stereocenters. The van der Waals surface area contributed by atoms with Crippen molar-refractivity contribution >= 4 is 11.6 Å². The Morgan fingerprint density at radius 1 is 1.38 bits per heavy atom. The van der Waals surface area contributed by atoms with Gasteiger partial charge in [-0.15, -0.1) is 11.6 Å². The van der Waals surface area contributed by atoms with E-state index in [4.69, 9.17) is 11.6 Å². The maximum atomic E-state index is 6.48. The standard InChI is InChI=1S/C15H25Cl/c1-3-15(2)10-8-12(9-11-15)13-6-4-5-7-14(13)16/h8,13-14H,3-7,9-11H2,1-2H3. The van der Waals surface area contributed by atoms with Gasteiger partial charge in [0.25, 0.3) is 0 Å². The minimum absolute atomic E-state index is 0.422. The predicted octanol–water partition coefficient (Wildman–Crippen LogP) is 5.31. The van der Waals surface area contributed by atoms with E-state index in [2.05, 4.69) is 19.9 Å². The molecule has 0 amide bonds. The van der Waals surface area contributed by atoms with Crippen molar-refractivity contribution in [1.29, 1.82) is 0 Å². The van der Waals surface area contributed by atoms with Gasteiger partial charge in [0, 0.05) is 5.38 Å². The van der Waals surface area contributed by atoms with E-state index in [1.165, 1.54) is 51.4 Å². The molecule has 1 fully saturated rings. The summed E-state index contributed by atoms with van der Waals surface area (Å²) in [5.74, 6) is 0.705. The summed E-state index contributed by atoms with van der Waals surface area (Å²) in [5, 5.41) is 0.422. The highest BCUT2D eigenvalue weighted by Gasteiger charge is 2.31. The van der Waals surface area contributed by atoms with Crippen molar-refractivity contribution in [1.82, 2.24) is 0 Å². The molecule has 1 heteroatoms. The third kappa shape index (κ3) is 2.64. The summed E-state index contributed by atoms with van der Waals surface area (Å²) in [4.78, 5) is 0. The summed E-state index contributed by atoms with van der Waals surface area (Å²) in [7, 11) is 0. The van der Waals surface area contributed by atoms with Gasteiger partial charge >= 0.3 is 0 Å². The monoisotopic (exact) mass is 240 g/mol. The van der Waals surface area contributed by atoms with E-state index in [0.717, 1.165) is 0 Å². The van der Waals surface area contributed by atoms with E-state index in [0.29, 0.717) is 16.7 Å². The molecule has 2 aliphatic rings. The quantitative estimate of drug-likeness (QED) is 0.453. The van der Waals surface area contributed by atoms with Crippen molar-refractivity contribution in [2.75, 3.05) is 0 Å². The number of halogens is 1. The SMILES string of the molecule is CCC1(C)CC=C(C2CCCCC2Cl)CC1. The summed E-state index contributed by atoms with van der Waals surface area (Å²) >= 11 is 6.48. The largest absolute Gasteiger partial charge is 0.122 e. The third-order valence-electron chi connectivity index (χ3n) is 4.89. The molecular weight excluding hydrogens is 216 g/mol. The van der Waals surface area contributed by atoms with Gasteiger partial charge in [0.05, 0.1) is 0 Å². The number of alkyl halides is 1. The Labute approximate surface area is 105 Å². The topological polar surface area (TPSA) is 0 Å². The Balaban J connectivity index is 2.01. The molecule has 0 N–H and O–H groups in total. The van der Waals surface area contributed by atoms with Crippen LogP contribution in [0, 0.1) is 11.3 Å². The first kappa shape index (κ1) is 12.5. The number of hydrogen-bond acceptors (Lipinski definition) is 0. The Bertz CT molecular complexity index is 269. The van der Waals surface area contributed by atoms with Crippen molar-refractivity contribution in [3.8, 4) is 0 Å². The van der Waals surface area contributed by atoms with Crippen molar-refractivity contribution in [3.05, 3.63) is 11.6 Å². The van der Waals surface area contributed by atoms with Crippen molar-refractivity contribution < 1.29 is 0 Å². The van der Waals surface area contributed by atoms with Crippen LogP contribution in [0.1, 0.15) is 65.2 Å². The lowest BCUT2D eigenvalue weighted by Crippen LogP contribution is -2.26. The minimum Gasteiger partial charge on any atom is -0.122 e. The Kier molecular flexibility index (Phi) is 4.00. The van der Waals surface area contributed by atoms with E-state index in [1.807, 2.05) is 0 Å². The normalized spacial score (nSPS) is 40.6. The van der Waals surface area contributed by atoms with Crippen LogP contribution >= 0.6 is 11.6 Å². The maximum Gasteiger partial charge on any atom is 0.0401 e. The van der Waals surface area contributed by atoms with Crippen LogP contribution in [0.3, 0.4) is 0 Å². The second-order valence-corrected chi connectivity index (χ2v) is 6.61. The Hall–Kier alpha value is 0.0300. The minimum atomic E-state index is 0.422. The molecule has 0 heterocycles. The first-order chi connectivity index (χ1) is 7.64. The molecule has 2 aliphatic carbocycles. The van der Waals surface area contributed by atoms with Crippen LogP contribution in [0.15, 0.2) is 11.6 Å². The fourth-order valence-electron chi connectivity index (χ4n) is 3.19. The van der Waals surface area contributed by atoms with Crippen molar-refractivity contribution in [2.45, 2.75) is 70.6 Å². The smallest absolute Gasteiger partial charge is 0.0401 e. The lowest BCUT2D eigenvalue weighted by molar-refractivity contribution is 0.262. The van der Waals surface area contributed by atoms with Crippen molar-refractivity contribution in [3.63, 3.8) is 0 Å². The van der Waals surface area contributed by atoms with Crippen LogP contribution in [0.2, 0.25) is 0 Å². The van der Waals surface area contributed by atoms with Gasteiger partial charge < -0.3 is 0 Å². The highest BCUT2D eigenvalue weighted by molar-refractivity contribution is 6.21. The van der Waals surface area contributed by atoms with Gasteiger partial charge in [-0.25, -0.2) is 0 Å². The van der Waals surface area contributed by atoms with Crippen LogP contribution < -0.4 is 0 Å². The van der Waals surface area contributed by atoms with Crippen LogP contribution in [-0.2, 0) is 0 Å². The number of allylic oxidation sites excluding steroid dienone is 2. The predicted molar refractivity (Wildman–Crippen MR) is 71.9 cm³/mol. The van der Waals surface area contributed by atoms with Gasteiger partial charge in [0.1, 0.15) is 0 Å². The molecule has 0 spiro atoms.